The molecule has 110 valence electrons. The molecule has 1 aromatic rings. The average molecular weight is 291 g/mol. The molecule has 0 saturated carbocycles. The minimum Gasteiger partial charge on any atom is -0.463 e. The standard InChI is InChI=1S/C13H22N2O3.ClH/c1-13(2,8-14)9-15(3)7-10-5-6-11(18-10)12(16)17-4;/h5-6H,7-9,14H2,1-4H3;1H. The van der Waals surface area contributed by atoms with Crippen LogP contribution in [-0.4, -0.2) is 38.1 Å². The van der Waals surface area contributed by atoms with Crippen LogP contribution in [0.15, 0.2) is 16.5 Å². The van der Waals surface area contributed by atoms with Crippen LogP contribution >= 0.6 is 12.4 Å². The van der Waals surface area contributed by atoms with E-state index < -0.39 is 5.97 Å². The number of hydrogen-bond donors (Lipinski definition) is 1. The van der Waals surface area contributed by atoms with Crippen LogP contribution in [0.1, 0.15) is 30.2 Å². The van der Waals surface area contributed by atoms with Crippen molar-refractivity contribution in [1.82, 2.24) is 4.90 Å². The fourth-order valence-electron chi connectivity index (χ4n) is 1.79. The first-order valence-corrected chi connectivity index (χ1v) is 5.93. The van der Waals surface area contributed by atoms with Crippen LogP contribution < -0.4 is 5.73 Å². The molecule has 6 heteroatoms. The number of ether oxygens (including phenoxy) is 1. The Hall–Kier alpha value is -1.04. The number of nitrogens with two attached hydrogens (primary N) is 1. The number of esters is 1. The van der Waals surface area contributed by atoms with Gasteiger partial charge in [-0.05, 0) is 31.1 Å². The van der Waals surface area contributed by atoms with Crippen molar-refractivity contribution >= 4 is 18.4 Å². The third-order valence-electron chi connectivity index (χ3n) is 2.72. The van der Waals surface area contributed by atoms with E-state index in [9.17, 15) is 4.79 Å². The molecule has 0 amide bonds. The third kappa shape index (κ3) is 5.63. The maximum atomic E-state index is 11.2. The number of rotatable bonds is 6. The molecule has 0 bridgehead atoms. The molecule has 0 unspecified atom stereocenters. The van der Waals surface area contributed by atoms with Crippen LogP contribution in [-0.2, 0) is 11.3 Å². The van der Waals surface area contributed by atoms with Gasteiger partial charge in [0.15, 0.2) is 0 Å². The molecule has 0 fully saturated rings. The van der Waals surface area contributed by atoms with Gasteiger partial charge in [-0.15, -0.1) is 12.4 Å². The molecule has 0 radical (unpaired) electrons. The molecule has 1 rings (SSSR count). The Labute approximate surface area is 120 Å². The Bertz CT molecular complexity index is 404. The first kappa shape index (κ1) is 18.0. The predicted octanol–water partition coefficient (Wildman–Crippen LogP) is 1.90. The lowest BCUT2D eigenvalue weighted by atomic mass is 9.93. The summed E-state index contributed by atoms with van der Waals surface area (Å²) in [6.07, 6.45) is 0. The number of carbonyl (C=O) groups excluding carboxylic acids is 1. The zero-order valence-corrected chi connectivity index (χ0v) is 12.8. The molecule has 1 heterocycles. The Morgan fingerprint density at radius 1 is 1.47 bits per heavy atom. The number of nitrogens with zero attached hydrogens (tertiary/aromatic N) is 1. The fourth-order valence-corrected chi connectivity index (χ4v) is 1.79. The van der Waals surface area contributed by atoms with Gasteiger partial charge in [0.05, 0.1) is 13.7 Å². The molecule has 0 aliphatic rings. The summed E-state index contributed by atoms with van der Waals surface area (Å²) in [6, 6.07) is 3.42. The molecule has 0 aliphatic heterocycles. The maximum Gasteiger partial charge on any atom is 0.373 e. The largest absolute Gasteiger partial charge is 0.463 e. The highest BCUT2D eigenvalue weighted by molar-refractivity contribution is 5.86. The Morgan fingerprint density at radius 2 is 2.11 bits per heavy atom. The molecular weight excluding hydrogens is 268 g/mol. The van der Waals surface area contributed by atoms with Crippen molar-refractivity contribution in [3.63, 3.8) is 0 Å². The van der Waals surface area contributed by atoms with Gasteiger partial charge in [-0.25, -0.2) is 4.79 Å². The second-order valence-electron chi connectivity index (χ2n) is 5.30. The van der Waals surface area contributed by atoms with Gasteiger partial charge in [-0.3, -0.25) is 4.90 Å². The average Bonchev–Trinajstić information content (AvgIpc) is 2.75. The molecule has 1 aromatic heterocycles. The number of halogens is 1. The van der Waals surface area contributed by atoms with Crippen molar-refractivity contribution in [2.75, 3.05) is 27.2 Å². The summed E-state index contributed by atoms with van der Waals surface area (Å²) in [5.74, 6) is 0.524. The molecular formula is C13H23ClN2O3. The van der Waals surface area contributed by atoms with Crippen LogP contribution in [0.2, 0.25) is 0 Å². The smallest absolute Gasteiger partial charge is 0.373 e. The van der Waals surface area contributed by atoms with Gasteiger partial charge in [0.25, 0.3) is 0 Å². The van der Waals surface area contributed by atoms with Crippen molar-refractivity contribution in [3.05, 3.63) is 23.7 Å². The van der Waals surface area contributed by atoms with Crippen LogP contribution in [0, 0.1) is 5.41 Å². The molecule has 0 aliphatic carbocycles. The first-order chi connectivity index (χ1) is 8.38. The highest BCUT2D eigenvalue weighted by Crippen LogP contribution is 2.17. The number of methoxy groups -OCH3 is 1. The number of carbonyl (C=O) groups is 1. The quantitative estimate of drug-likeness (QED) is 0.811. The lowest BCUT2D eigenvalue weighted by Gasteiger charge is -2.28. The van der Waals surface area contributed by atoms with Gasteiger partial charge >= 0.3 is 5.97 Å². The van der Waals surface area contributed by atoms with Crippen molar-refractivity contribution in [3.8, 4) is 0 Å². The van der Waals surface area contributed by atoms with E-state index in [1.54, 1.807) is 12.1 Å². The van der Waals surface area contributed by atoms with Crippen molar-refractivity contribution in [2.24, 2.45) is 11.1 Å². The molecule has 2 N–H and O–H groups in total. The monoisotopic (exact) mass is 290 g/mol. The van der Waals surface area contributed by atoms with Crippen LogP contribution in [0.4, 0.5) is 0 Å². The second-order valence-corrected chi connectivity index (χ2v) is 5.30. The highest BCUT2D eigenvalue weighted by Gasteiger charge is 2.19. The fraction of sp³-hybridized carbons (Fsp3) is 0.615. The molecule has 0 atom stereocenters. The second kappa shape index (κ2) is 7.53. The SMILES string of the molecule is COC(=O)c1ccc(CN(C)CC(C)(C)CN)o1.Cl. The zero-order valence-electron chi connectivity index (χ0n) is 11.9. The van der Waals surface area contributed by atoms with E-state index in [2.05, 4.69) is 23.5 Å². The van der Waals surface area contributed by atoms with Crippen LogP contribution in [0.25, 0.3) is 0 Å². The predicted molar refractivity (Wildman–Crippen MR) is 76.5 cm³/mol. The Morgan fingerprint density at radius 3 is 2.63 bits per heavy atom. The summed E-state index contributed by atoms with van der Waals surface area (Å²) in [4.78, 5) is 13.4. The Balaban J connectivity index is 0.00000324. The lowest BCUT2D eigenvalue weighted by molar-refractivity contribution is 0.0561. The number of furan rings is 1. The van der Waals surface area contributed by atoms with Crippen LogP contribution in [0.3, 0.4) is 0 Å². The summed E-state index contributed by atoms with van der Waals surface area (Å²) in [5, 5.41) is 0. The molecule has 0 spiro atoms. The highest BCUT2D eigenvalue weighted by atomic mass is 35.5. The maximum absolute atomic E-state index is 11.2. The van der Waals surface area contributed by atoms with Gasteiger partial charge in [0.1, 0.15) is 5.76 Å². The van der Waals surface area contributed by atoms with E-state index in [0.29, 0.717) is 13.1 Å². The van der Waals surface area contributed by atoms with E-state index in [-0.39, 0.29) is 23.6 Å². The normalized spacial score (nSPS) is 11.3. The molecule has 0 aromatic carbocycles. The van der Waals surface area contributed by atoms with E-state index >= 15 is 0 Å². The number of hydrogen-bond acceptors (Lipinski definition) is 5. The van der Waals surface area contributed by atoms with Crippen molar-refractivity contribution in [1.29, 1.82) is 0 Å². The van der Waals surface area contributed by atoms with Gasteiger partial charge in [-0.2, -0.15) is 0 Å². The minimum atomic E-state index is -0.453. The summed E-state index contributed by atoms with van der Waals surface area (Å²) in [6.45, 7) is 6.36. The van der Waals surface area contributed by atoms with Gasteiger partial charge in [0, 0.05) is 6.54 Å². The van der Waals surface area contributed by atoms with E-state index in [1.807, 2.05) is 7.05 Å². The van der Waals surface area contributed by atoms with E-state index in [1.165, 1.54) is 7.11 Å². The Kier molecular flexibility index (Phi) is 7.11. The topological polar surface area (TPSA) is 68.7 Å². The van der Waals surface area contributed by atoms with Gasteiger partial charge < -0.3 is 14.9 Å². The lowest BCUT2D eigenvalue weighted by Crippen LogP contribution is -2.36. The summed E-state index contributed by atoms with van der Waals surface area (Å²) in [5.41, 5.74) is 5.76. The third-order valence-corrected chi connectivity index (χ3v) is 2.72. The van der Waals surface area contributed by atoms with Crippen LogP contribution in [0.5, 0.6) is 0 Å². The van der Waals surface area contributed by atoms with E-state index in [0.717, 1.165) is 12.3 Å². The molecule has 0 saturated heterocycles. The first-order valence-electron chi connectivity index (χ1n) is 5.93. The van der Waals surface area contributed by atoms with Gasteiger partial charge in [-0.1, -0.05) is 13.8 Å². The van der Waals surface area contributed by atoms with E-state index in [4.69, 9.17) is 10.2 Å². The zero-order chi connectivity index (χ0) is 13.8. The molecule has 19 heavy (non-hydrogen) atoms. The summed E-state index contributed by atoms with van der Waals surface area (Å²) < 4.78 is 10.00. The minimum absolute atomic E-state index is 0. The van der Waals surface area contributed by atoms with Crippen molar-refractivity contribution < 1.29 is 13.9 Å². The summed E-state index contributed by atoms with van der Waals surface area (Å²) >= 11 is 0. The summed E-state index contributed by atoms with van der Waals surface area (Å²) in [7, 11) is 3.33. The van der Waals surface area contributed by atoms with Crippen molar-refractivity contribution in [2.45, 2.75) is 20.4 Å². The van der Waals surface area contributed by atoms with Gasteiger partial charge in [0.2, 0.25) is 5.76 Å². The molecule has 5 nitrogen and oxygen atoms in total.